The number of aromatic nitrogens is 2. The molecule has 2 bridgehead atoms. The van der Waals surface area contributed by atoms with E-state index in [1.165, 1.54) is 25.7 Å². The summed E-state index contributed by atoms with van der Waals surface area (Å²) in [5, 5.41) is 14.7. The Hall–Kier alpha value is -1.73. The highest BCUT2D eigenvalue weighted by atomic mass is 16.5. The number of amides is 1. The number of rotatable bonds is 5. The summed E-state index contributed by atoms with van der Waals surface area (Å²) in [5.41, 5.74) is 2.68. The van der Waals surface area contributed by atoms with E-state index in [0.29, 0.717) is 38.3 Å². The lowest BCUT2D eigenvalue weighted by molar-refractivity contribution is -0.136. The molecule has 2 aliphatic heterocycles. The summed E-state index contributed by atoms with van der Waals surface area (Å²) in [4.78, 5) is 23.7. The second kappa shape index (κ2) is 7.14. The highest BCUT2D eigenvalue weighted by Gasteiger charge is 2.68. The molecule has 2 N–H and O–H groups in total. The van der Waals surface area contributed by atoms with Gasteiger partial charge in [-0.1, -0.05) is 6.92 Å². The van der Waals surface area contributed by atoms with E-state index >= 15 is 0 Å². The summed E-state index contributed by atoms with van der Waals surface area (Å²) >= 11 is 0. The molecule has 3 aliphatic carbocycles. The number of hydrogen-bond acceptors (Lipinski definition) is 6. The second-order valence-electron chi connectivity index (χ2n) is 11.1. The fourth-order valence-electron chi connectivity index (χ4n) is 7.62. The Morgan fingerprint density at radius 1 is 1.35 bits per heavy atom. The predicted molar refractivity (Wildman–Crippen MR) is 115 cm³/mol. The van der Waals surface area contributed by atoms with E-state index in [4.69, 9.17) is 4.74 Å². The van der Waals surface area contributed by atoms with Crippen molar-refractivity contribution in [1.82, 2.24) is 14.9 Å². The van der Waals surface area contributed by atoms with Crippen molar-refractivity contribution in [3.05, 3.63) is 17.6 Å². The van der Waals surface area contributed by atoms with Crippen LogP contribution in [0.3, 0.4) is 0 Å². The zero-order valence-electron chi connectivity index (χ0n) is 18.5. The first-order chi connectivity index (χ1) is 15.0. The van der Waals surface area contributed by atoms with Crippen LogP contribution in [-0.2, 0) is 22.5 Å². The van der Waals surface area contributed by atoms with Gasteiger partial charge >= 0.3 is 0 Å². The zero-order chi connectivity index (χ0) is 21.2. The minimum absolute atomic E-state index is 0.00538. The summed E-state index contributed by atoms with van der Waals surface area (Å²) in [6.07, 6.45) is 9.13. The maximum Gasteiger partial charge on any atom is 0.228 e. The maximum atomic E-state index is 12.8. The Balaban J connectivity index is 1.12. The van der Waals surface area contributed by atoms with E-state index in [0.717, 1.165) is 48.2 Å². The van der Waals surface area contributed by atoms with Crippen molar-refractivity contribution in [3.8, 4) is 0 Å². The van der Waals surface area contributed by atoms with Gasteiger partial charge in [-0.3, -0.25) is 4.79 Å². The Morgan fingerprint density at radius 2 is 2.26 bits per heavy atom. The third-order valence-corrected chi connectivity index (χ3v) is 8.99. The van der Waals surface area contributed by atoms with E-state index in [1.807, 2.05) is 4.90 Å². The average molecular weight is 427 g/mol. The number of anilines is 1. The highest BCUT2D eigenvalue weighted by Crippen LogP contribution is 2.76. The number of carbonyl (C=O) groups excluding carboxylic acids is 1. The lowest BCUT2D eigenvalue weighted by atomic mass is 9.64. The van der Waals surface area contributed by atoms with Crippen molar-refractivity contribution in [2.75, 3.05) is 31.6 Å². The standard InChI is InChI=1S/C24H34N4O3/c1-15-6-23-8-17(23)9-24(7-15,13-23)20(29)10-25-21-18-2-4-28(11-19(18)26-14-27-21)22(30)16-3-5-31-12-16/h14-17,20,29H,2-13H2,1H3,(H,25,26,27). The van der Waals surface area contributed by atoms with Crippen LogP contribution < -0.4 is 5.32 Å². The van der Waals surface area contributed by atoms with Gasteiger partial charge in [-0.2, -0.15) is 0 Å². The SMILES string of the molecule is CC1CC2(C(O)CNc3ncnc4c3CCN(C(=O)C3CCOC3)C4)CC3CC3(C1)C2. The zero-order valence-corrected chi connectivity index (χ0v) is 18.5. The molecule has 1 amide bonds. The van der Waals surface area contributed by atoms with Crippen molar-refractivity contribution in [3.63, 3.8) is 0 Å². The van der Waals surface area contributed by atoms with Crippen LogP contribution in [0.4, 0.5) is 5.82 Å². The third-order valence-electron chi connectivity index (χ3n) is 8.99. The molecule has 3 heterocycles. The van der Waals surface area contributed by atoms with Crippen LogP contribution >= 0.6 is 0 Å². The largest absolute Gasteiger partial charge is 0.391 e. The van der Waals surface area contributed by atoms with Gasteiger partial charge in [0.05, 0.1) is 30.9 Å². The quantitative estimate of drug-likeness (QED) is 0.752. The van der Waals surface area contributed by atoms with Crippen LogP contribution in [-0.4, -0.2) is 58.3 Å². The Morgan fingerprint density at radius 3 is 3.10 bits per heavy atom. The summed E-state index contributed by atoms with van der Waals surface area (Å²) in [7, 11) is 0. The molecule has 4 fully saturated rings. The number of fused-ring (bicyclic) bond motifs is 2. The molecule has 0 aromatic carbocycles. The van der Waals surface area contributed by atoms with Gasteiger partial charge in [-0.05, 0) is 67.6 Å². The molecule has 1 aromatic rings. The second-order valence-corrected chi connectivity index (χ2v) is 11.1. The molecule has 1 saturated heterocycles. The molecular formula is C24H34N4O3. The molecular weight excluding hydrogens is 392 g/mol. The number of hydrogen-bond donors (Lipinski definition) is 2. The molecule has 3 saturated carbocycles. The topological polar surface area (TPSA) is 87.6 Å². The minimum Gasteiger partial charge on any atom is -0.391 e. The average Bonchev–Trinajstić information content (AvgIpc) is 3.11. The molecule has 6 unspecified atom stereocenters. The van der Waals surface area contributed by atoms with Crippen LogP contribution in [0.15, 0.2) is 6.33 Å². The first-order valence-electron chi connectivity index (χ1n) is 12.1. The number of aliphatic hydroxyl groups is 1. The minimum atomic E-state index is -0.338. The molecule has 7 nitrogen and oxygen atoms in total. The van der Waals surface area contributed by atoms with Gasteiger partial charge in [0.15, 0.2) is 0 Å². The number of ether oxygens (including phenoxy) is 1. The van der Waals surface area contributed by atoms with E-state index in [9.17, 15) is 9.90 Å². The fraction of sp³-hybridized carbons (Fsp3) is 0.792. The lowest BCUT2D eigenvalue weighted by Crippen LogP contribution is -2.43. The van der Waals surface area contributed by atoms with Gasteiger partial charge in [0.25, 0.3) is 0 Å². The van der Waals surface area contributed by atoms with Crippen molar-refractivity contribution in [2.45, 2.75) is 64.5 Å². The van der Waals surface area contributed by atoms with E-state index in [1.54, 1.807) is 6.33 Å². The maximum absolute atomic E-state index is 12.8. The third kappa shape index (κ3) is 3.27. The van der Waals surface area contributed by atoms with Crippen LogP contribution in [0.5, 0.6) is 0 Å². The van der Waals surface area contributed by atoms with E-state index in [2.05, 4.69) is 22.2 Å². The van der Waals surface area contributed by atoms with Crippen LogP contribution in [0.2, 0.25) is 0 Å². The first kappa shape index (κ1) is 19.9. The first-order valence-corrected chi connectivity index (χ1v) is 12.1. The van der Waals surface area contributed by atoms with Gasteiger partial charge < -0.3 is 20.1 Å². The molecule has 5 aliphatic rings. The van der Waals surface area contributed by atoms with Crippen molar-refractivity contribution in [2.24, 2.45) is 28.6 Å². The van der Waals surface area contributed by atoms with E-state index in [-0.39, 0.29) is 23.3 Å². The van der Waals surface area contributed by atoms with Gasteiger partial charge in [-0.15, -0.1) is 0 Å². The number of nitrogens with one attached hydrogen (secondary N) is 1. The summed E-state index contributed by atoms with van der Waals surface area (Å²) in [6, 6.07) is 0. The summed E-state index contributed by atoms with van der Waals surface area (Å²) < 4.78 is 5.39. The molecule has 6 rings (SSSR count). The molecule has 6 atom stereocenters. The molecule has 7 heteroatoms. The molecule has 0 radical (unpaired) electrons. The van der Waals surface area contributed by atoms with Gasteiger partial charge in [0, 0.05) is 25.3 Å². The Kier molecular flexibility index (Phi) is 4.59. The van der Waals surface area contributed by atoms with Gasteiger partial charge in [0.1, 0.15) is 12.1 Å². The number of nitrogens with zero attached hydrogens (tertiary/aromatic N) is 3. The Labute approximate surface area is 184 Å². The molecule has 31 heavy (non-hydrogen) atoms. The normalized spacial score (nSPS) is 39.0. The van der Waals surface area contributed by atoms with Crippen molar-refractivity contribution in [1.29, 1.82) is 0 Å². The van der Waals surface area contributed by atoms with Gasteiger partial charge in [-0.25, -0.2) is 9.97 Å². The number of carbonyl (C=O) groups is 1. The highest BCUT2D eigenvalue weighted by molar-refractivity contribution is 5.79. The van der Waals surface area contributed by atoms with Crippen LogP contribution in [0, 0.1) is 28.6 Å². The molecule has 1 spiro atoms. The number of aliphatic hydroxyl groups excluding tert-OH is 1. The lowest BCUT2D eigenvalue weighted by Gasteiger charge is -2.43. The van der Waals surface area contributed by atoms with Crippen LogP contribution in [0.1, 0.15) is 56.7 Å². The predicted octanol–water partition coefficient (Wildman–Crippen LogP) is 2.39. The van der Waals surface area contributed by atoms with Crippen LogP contribution in [0.25, 0.3) is 0 Å². The molecule has 168 valence electrons. The van der Waals surface area contributed by atoms with Gasteiger partial charge in [0.2, 0.25) is 5.91 Å². The van der Waals surface area contributed by atoms with E-state index < -0.39 is 0 Å². The fourth-order valence-corrected chi connectivity index (χ4v) is 7.62. The monoisotopic (exact) mass is 426 g/mol. The summed E-state index contributed by atoms with van der Waals surface area (Å²) in [6.45, 7) is 5.36. The summed E-state index contributed by atoms with van der Waals surface area (Å²) in [5.74, 6) is 2.59. The smallest absolute Gasteiger partial charge is 0.228 e. The Bertz CT molecular complexity index is 884. The van der Waals surface area contributed by atoms with Crippen molar-refractivity contribution >= 4 is 11.7 Å². The van der Waals surface area contributed by atoms with Crippen molar-refractivity contribution < 1.29 is 14.6 Å². The molecule has 1 aromatic heterocycles.